The lowest BCUT2D eigenvalue weighted by Gasteiger charge is -2.01. The molecule has 0 amide bonds. The second-order valence-corrected chi connectivity index (χ2v) is 4.41. The van der Waals surface area contributed by atoms with Crippen molar-refractivity contribution < 1.29 is 5.11 Å². The minimum atomic E-state index is -0.248. The van der Waals surface area contributed by atoms with Crippen LogP contribution in [0.3, 0.4) is 0 Å². The maximum Gasteiger partial charge on any atom is 0.277 e. The van der Waals surface area contributed by atoms with Crippen LogP contribution >= 0.6 is 15.9 Å². The average Bonchev–Trinajstić information content (AvgIpc) is 2.54. The van der Waals surface area contributed by atoms with E-state index in [1.54, 1.807) is 6.92 Å². The van der Waals surface area contributed by atoms with Crippen LogP contribution in [0.4, 0.5) is 0 Å². The van der Waals surface area contributed by atoms with Crippen molar-refractivity contribution in [3.63, 3.8) is 0 Å². The fraction of sp³-hybridized carbons (Fsp3) is 0.182. The molecule has 16 heavy (non-hydrogen) atoms. The Morgan fingerprint density at radius 1 is 1.50 bits per heavy atom. The molecule has 5 heteroatoms. The fourth-order valence-corrected chi connectivity index (χ4v) is 1.95. The van der Waals surface area contributed by atoms with Crippen molar-refractivity contribution in [2.75, 3.05) is 0 Å². The smallest absolute Gasteiger partial charge is 0.277 e. The van der Waals surface area contributed by atoms with Crippen LogP contribution in [0.5, 0.6) is 0 Å². The number of H-pyrrole nitrogens is 1. The van der Waals surface area contributed by atoms with E-state index in [9.17, 15) is 4.79 Å². The van der Waals surface area contributed by atoms with E-state index in [0.29, 0.717) is 11.3 Å². The second-order valence-electron chi connectivity index (χ2n) is 3.49. The Morgan fingerprint density at radius 3 is 2.81 bits per heavy atom. The number of benzene rings is 1. The van der Waals surface area contributed by atoms with Gasteiger partial charge in [0.25, 0.3) is 5.56 Å². The molecule has 2 rings (SSSR count). The maximum absolute atomic E-state index is 11.9. The number of aromatic nitrogens is 2. The summed E-state index contributed by atoms with van der Waals surface area (Å²) in [5.41, 5.74) is 1.62. The van der Waals surface area contributed by atoms with E-state index < -0.39 is 0 Å². The fourth-order valence-electron chi connectivity index (χ4n) is 1.56. The molecule has 1 aromatic carbocycles. The minimum Gasteiger partial charge on any atom is -0.391 e. The number of aromatic amines is 1. The lowest BCUT2D eigenvalue weighted by atomic mass is 10.3. The van der Waals surface area contributed by atoms with Gasteiger partial charge in [-0.1, -0.05) is 22.0 Å². The monoisotopic (exact) mass is 282 g/mol. The van der Waals surface area contributed by atoms with Gasteiger partial charge in [0.2, 0.25) is 0 Å². The van der Waals surface area contributed by atoms with Crippen LogP contribution in [0.15, 0.2) is 33.5 Å². The SMILES string of the molecule is Cc1[nH]n(-c2cccc(Br)c2)c(=O)c1CO. The zero-order chi connectivity index (χ0) is 11.7. The van der Waals surface area contributed by atoms with Crippen molar-refractivity contribution in [2.24, 2.45) is 0 Å². The lowest BCUT2D eigenvalue weighted by Crippen LogP contribution is -2.17. The number of nitrogens with zero attached hydrogens (tertiary/aromatic N) is 1. The molecule has 0 aliphatic carbocycles. The molecule has 0 bridgehead atoms. The third-order valence-corrected chi connectivity index (χ3v) is 2.91. The highest BCUT2D eigenvalue weighted by Crippen LogP contribution is 2.14. The topological polar surface area (TPSA) is 58.0 Å². The third-order valence-electron chi connectivity index (χ3n) is 2.42. The van der Waals surface area contributed by atoms with Gasteiger partial charge >= 0.3 is 0 Å². The number of aliphatic hydroxyl groups is 1. The molecule has 0 atom stereocenters. The number of aliphatic hydroxyl groups excluding tert-OH is 1. The van der Waals surface area contributed by atoms with Crippen LogP contribution in [-0.2, 0) is 6.61 Å². The molecule has 0 unspecified atom stereocenters. The third kappa shape index (κ3) is 1.83. The highest BCUT2D eigenvalue weighted by Gasteiger charge is 2.10. The standard InChI is InChI=1S/C11H11BrN2O2/c1-7-10(6-15)11(16)14(13-7)9-4-2-3-8(12)5-9/h2-5,13,15H,6H2,1H3. The van der Waals surface area contributed by atoms with Gasteiger partial charge in [-0.15, -0.1) is 0 Å². The van der Waals surface area contributed by atoms with Crippen molar-refractivity contribution in [2.45, 2.75) is 13.5 Å². The highest BCUT2D eigenvalue weighted by molar-refractivity contribution is 9.10. The number of aryl methyl sites for hydroxylation is 1. The van der Waals surface area contributed by atoms with E-state index >= 15 is 0 Å². The van der Waals surface area contributed by atoms with Crippen LogP contribution in [0.1, 0.15) is 11.3 Å². The molecular weight excluding hydrogens is 272 g/mol. The largest absolute Gasteiger partial charge is 0.391 e. The second kappa shape index (κ2) is 4.27. The van der Waals surface area contributed by atoms with E-state index in [0.717, 1.165) is 10.2 Å². The Balaban J connectivity index is 2.61. The molecule has 2 aromatic rings. The van der Waals surface area contributed by atoms with Gasteiger partial charge in [-0.25, -0.2) is 4.68 Å². The number of hydrogen-bond donors (Lipinski definition) is 2. The molecule has 0 spiro atoms. The molecule has 0 aliphatic rings. The Bertz CT molecular complexity index is 572. The molecule has 2 N–H and O–H groups in total. The van der Waals surface area contributed by atoms with Gasteiger partial charge in [0, 0.05) is 10.2 Å². The summed E-state index contributed by atoms with van der Waals surface area (Å²) in [5.74, 6) is 0. The first-order valence-corrected chi connectivity index (χ1v) is 5.60. The van der Waals surface area contributed by atoms with E-state index in [2.05, 4.69) is 21.0 Å². The Morgan fingerprint density at radius 2 is 2.25 bits per heavy atom. The summed E-state index contributed by atoms with van der Waals surface area (Å²) in [7, 11) is 0. The van der Waals surface area contributed by atoms with Crippen LogP contribution in [-0.4, -0.2) is 14.9 Å². The molecule has 0 radical (unpaired) electrons. The Hall–Kier alpha value is -1.33. The Kier molecular flexibility index (Phi) is 2.98. The molecule has 0 aliphatic heterocycles. The first-order chi connectivity index (χ1) is 7.63. The minimum absolute atomic E-state index is 0.210. The van der Waals surface area contributed by atoms with Gasteiger partial charge in [-0.05, 0) is 25.1 Å². The zero-order valence-corrected chi connectivity index (χ0v) is 10.3. The molecule has 0 saturated heterocycles. The summed E-state index contributed by atoms with van der Waals surface area (Å²) >= 11 is 3.35. The van der Waals surface area contributed by atoms with Gasteiger partial charge in [0.1, 0.15) is 0 Å². The number of nitrogens with one attached hydrogen (secondary N) is 1. The van der Waals surface area contributed by atoms with Crippen LogP contribution in [0, 0.1) is 6.92 Å². The predicted molar refractivity (Wildman–Crippen MR) is 64.7 cm³/mol. The van der Waals surface area contributed by atoms with Crippen molar-refractivity contribution in [3.05, 3.63) is 50.3 Å². The van der Waals surface area contributed by atoms with Crippen molar-refractivity contribution in [1.29, 1.82) is 0 Å². The van der Waals surface area contributed by atoms with Gasteiger partial charge < -0.3 is 5.11 Å². The lowest BCUT2D eigenvalue weighted by molar-refractivity contribution is 0.280. The van der Waals surface area contributed by atoms with Gasteiger partial charge in [-0.2, -0.15) is 0 Å². The summed E-state index contributed by atoms with van der Waals surface area (Å²) in [6.45, 7) is 1.52. The number of hydrogen-bond acceptors (Lipinski definition) is 2. The van der Waals surface area contributed by atoms with Crippen LogP contribution in [0.25, 0.3) is 5.69 Å². The normalized spacial score (nSPS) is 10.7. The van der Waals surface area contributed by atoms with Crippen LogP contribution in [0.2, 0.25) is 0 Å². The molecule has 1 aromatic heterocycles. The maximum atomic E-state index is 11.9. The summed E-state index contributed by atoms with van der Waals surface area (Å²) in [6.07, 6.45) is 0. The first-order valence-electron chi connectivity index (χ1n) is 4.81. The molecule has 1 heterocycles. The van der Waals surface area contributed by atoms with E-state index in [1.165, 1.54) is 4.68 Å². The van der Waals surface area contributed by atoms with E-state index in [-0.39, 0.29) is 12.2 Å². The predicted octanol–water partition coefficient (Wildman–Crippen LogP) is 1.73. The Labute approximate surface area is 101 Å². The van der Waals surface area contributed by atoms with Crippen LogP contribution < -0.4 is 5.56 Å². The number of halogens is 1. The van der Waals surface area contributed by atoms with Crippen molar-refractivity contribution >= 4 is 15.9 Å². The van der Waals surface area contributed by atoms with Gasteiger partial charge in [0.05, 0.1) is 17.9 Å². The first kappa shape index (κ1) is 11.2. The van der Waals surface area contributed by atoms with E-state index in [4.69, 9.17) is 5.11 Å². The molecule has 0 fully saturated rings. The van der Waals surface area contributed by atoms with Crippen molar-refractivity contribution in [1.82, 2.24) is 9.78 Å². The zero-order valence-electron chi connectivity index (χ0n) is 8.70. The summed E-state index contributed by atoms with van der Waals surface area (Å²) in [4.78, 5) is 11.9. The highest BCUT2D eigenvalue weighted by atomic mass is 79.9. The molecular formula is C11H11BrN2O2. The summed E-state index contributed by atoms with van der Waals surface area (Å²) < 4.78 is 2.32. The summed E-state index contributed by atoms with van der Waals surface area (Å²) in [6, 6.07) is 7.39. The van der Waals surface area contributed by atoms with E-state index in [1.807, 2.05) is 24.3 Å². The molecule has 4 nitrogen and oxygen atoms in total. The molecule has 84 valence electrons. The molecule has 0 saturated carbocycles. The number of rotatable bonds is 2. The van der Waals surface area contributed by atoms with Gasteiger partial charge in [-0.3, -0.25) is 9.89 Å². The average molecular weight is 283 g/mol. The quantitative estimate of drug-likeness (QED) is 0.881. The van der Waals surface area contributed by atoms with Gasteiger partial charge in [0.15, 0.2) is 0 Å². The van der Waals surface area contributed by atoms with Crippen molar-refractivity contribution in [3.8, 4) is 5.69 Å². The summed E-state index contributed by atoms with van der Waals surface area (Å²) in [5, 5.41) is 12.0.